The van der Waals surface area contributed by atoms with Gasteiger partial charge in [0.05, 0.1) is 0 Å². The molecule has 1 aromatic rings. The Hall–Kier alpha value is -1.65. The molecular weight excluding hydrogens is 228 g/mol. The molecule has 2 heterocycles. The van der Waals surface area contributed by atoms with E-state index in [-0.39, 0.29) is 11.9 Å². The van der Waals surface area contributed by atoms with Crippen molar-refractivity contribution in [2.24, 2.45) is 0 Å². The molecule has 18 heavy (non-hydrogen) atoms. The average molecular weight is 248 g/mol. The van der Waals surface area contributed by atoms with Gasteiger partial charge in [-0.15, -0.1) is 0 Å². The average Bonchev–Trinajstić information content (AvgIpc) is 2.38. The monoisotopic (exact) mass is 248 g/mol. The van der Waals surface area contributed by atoms with Crippen molar-refractivity contribution in [1.82, 2.24) is 14.9 Å². The number of nitrogens with one attached hydrogen (secondary N) is 1. The van der Waals surface area contributed by atoms with Crippen LogP contribution in [-0.4, -0.2) is 39.9 Å². The third-order valence-corrected chi connectivity index (χ3v) is 2.94. The van der Waals surface area contributed by atoms with Gasteiger partial charge >= 0.3 is 0 Å². The highest BCUT2D eigenvalue weighted by Crippen LogP contribution is 2.12. The molecule has 5 heteroatoms. The quantitative estimate of drug-likeness (QED) is 0.888. The third-order valence-electron chi connectivity index (χ3n) is 2.94. The number of carbonyl (C=O) groups is 1. The maximum Gasteiger partial charge on any atom is 0.272 e. The second-order valence-electron chi connectivity index (χ2n) is 4.92. The summed E-state index contributed by atoms with van der Waals surface area (Å²) in [4.78, 5) is 22.5. The largest absolute Gasteiger partial charge is 0.352 e. The van der Waals surface area contributed by atoms with E-state index >= 15 is 0 Å². The molecule has 1 amide bonds. The zero-order chi connectivity index (χ0) is 13.0. The van der Waals surface area contributed by atoms with E-state index in [9.17, 15) is 4.79 Å². The van der Waals surface area contributed by atoms with Crippen LogP contribution in [0.3, 0.4) is 0 Å². The summed E-state index contributed by atoms with van der Waals surface area (Å²) in [5.74, 6) is 0.539. The highest BCUT2D eigenvalue weighted by Gasteiger charge is 2.19. The summed E-state index contributed by atoms with van der Waals surface area (Å²) in [6, 6.07) is 1.94. The highest BCUT2D eigenvalue weighted by molar-refractivity contribution is 5.92. The van der Waals surface area contributed by atoms with Crippen LogP contribution in [-0.2, 0) is 0 Å². The zero-order valence-corrected chi connectivity index (χ0v) is 11.0. The lowest BCUT2D eigenvalue weighted by atomic mass is 10.1. The Kier molecular flexibility index (Phi) is 4.12. The van der Waals surface area contributed by atoms with Crippen molar-refractivity contribution in [2.45, 2.75) is 39.2 Å². The fraction of sp³-hybridized carbons (Fsp3) is 0.615. The molecular formula is C13H20N4O. The van der Waals surface area contributed by atoms with Crippen LogP contribution in [0.5, 0.6) is 0 Å². The first-order valence-electron chi connectivity index (χ1n) is 6.55. The van der Waals surface area contributed by atoms with Crippen molar-refractivity contribution in [2.75, 3.05) is 18.4 Å². The van der Waals surface area contributed by atoms with E-state index in [1.807, 2.05) is 18.7 Å². The second kappa shape index (κ2) is 5.80. The molecule has 5 nitrogen and oxygen atoms in total. The van der Waals surface area contributed by atoms with Crippen molar-refractivity contribution in [3.8, 4) is 0 Å². The fourth-order valence-electron chi connectivity index (χ4n) is 2.06. The third kappa shape index (κ3) is 3.18. The Bertz CT molecular complexity index is 413. The van der Waals surface area contributed by atoms with Crippen molar-refractivity contribution in [3.05, 3.63) is 18.0 Å². The predicted octanol–water partition coefficient (Wildman–Crippen LogP) is 1.92. The van der Waals surface area contributed by atoms with Crippen molar-refractivity contribution in [3.63, 3.8) is 0 Å². The van der Waals surface area contributed by atoms with Crippen LogP contribution >= 0.6 is 0 Å². The van der Waals surface area contributed by atoms with Gasteiger partial charge in [0.25, 0.3) is 5.91 Å². The van der Waals surface area contributed by atoms with E-state index in [2.05, 4.69) is 15.3 Å². The minimum Gasteiger partial charge on any atom is -0.352 e. The van der Waals surface area contributed by atoms with Gasteiger partial charge in [0.1, 0.15) is 5.69 Å². The van der Waals surface area contributed by atoms with Crippen LogP contribution in [0.4, 0.5) is 5.95 Å². The standard InChI is InChI=1S/C13H20N4O/c1-10(2)15-13-14-7-6-11(16-13)12(18)17-8-4-3-5-9-17/h6-7,10H,3-5,8-9H2,1-2H3,(H,14,15,16). The number of carbonyl (C=O) groups excluding carboxylic acids is 1. The van der Waals surface area contributed by atoms with E-state index in [4.69, 9.17) is 0 Å². The molecule has 1 aromatic heterocycles. The molecule has 0 saturated carbocycles. The summed E-state index contributed by atoms with van der Waals surface area (Å²) >= 11 is 0. The zero-order valence-electron chi connectivity index (χ0n) is 11.0. The van der Waals surface area contributed by atoms with Crippen LogP contribution in [0, 0.1) is 0 Å². The van der Waals surface area contributed by atoms with Gasteiger partial charge in [-0.05, 0) is 39.2 Å². The molecule has 2 rings (SSSR count). The molecule has 1 aliphatic rings. The Labute approximate surface area is 108 Å². The summed E-state index contributed by atoms with van der Waals surface area (Å²) < 4.78 is 0. The van der Waals surface area contributed by atoms with Gasteiger partial charge in [-0.25, -0.2) is 9.97 Å². The van der Waals surface area contributed by atoms with Crippen LogP contribution < -0.4 is 5.32 Å². The molecule has 0 aliphatic carbocycles. The molecule has 98 valence electrons. The minimum atomic E-state index is 0.0175. The molecule has 0 aromatic carbocycles. The molecule has 1 fully saturated rings. The minimum absolute atomic E-state index is 0.0175. The molecule has 0 atom stereocenters. The predicted molar refractivity (Wildman–Crippen MR) is 70.5 cm³/mol. The summed E-state index contributed by atoms with van der Waals surface area (Å²) in [6.07, 6.45) is 5.03. The van der Waals surface area contributed by atoms with E-state index in [0.717, 1.165) is 25.9 Å². The second-order valence-corrected chi connectivity index (χ2v) is 4.92. The van der Waals surface area contributed by atoms with Gasteiger partial charge < -0.3 is 10.2 Å². The summed E-state index contributed by atoms with van der Waals surface area (Å²) in [6.45, 7) is 5.72. The van der Waals surface area contributed by atoms with E-state index in [1.54, 1.807) is 12.3 Å². The van der Waals surface area contributed by atoms with Crippen molar-refractivity contribution in [1.29, 1.82) is 0 Å². The van der Waals surface area contributed by atoms with Gasteiger partial charge in [0.2, 0.25) is 5.95 Å². The molecule has 1 aliphatic heterocycles. The Morgan fingerprint density at radius 3 is 2.72 bits per heavy atom. The van der Waals surface area contributed by atoms with Gasteiger partial charge in [0.15, 0.2) is 0 Å². The highest BCUT2D eigenvalue weighted by atomic mass is 16.2. The first-order chi connectivity index (χ1) is 8.66. The Morgan fingerprint density at radius 1 is 1.33 bits per heavy atom. The molecule has 0 unspecified atom stereocenters. The smallest absolute Gasteiger partial charge is 0.272 e. The van der Waals surface area contributed by atoms with Gasteiger partial charge in [-0.2, -0.15) is 0 Å². The normalized spacial score (nSPS) is 15.8. The fourth-order valence-corrected chi connectivity index (χ4v) is 2.06. The van der Waals surface area contributed by atoms with Crippen LogP contribution in [0.25, 0.3) is 0 Å². The summed E-state index contributed by atoms with van der Waals surface area (Å²) in [7, 11) is 0. The number of piperidine rings is 1. The number of likely N-dealkylation sites (tertiary alicyclic amines) is 1. The number of amides is 1. The first kappa shape index (κ1) is 12.8. The Balaban J connectivity index is 2.09. The first-order valence-corrected chi connectivity index (χ1v) is 6.55. The molecule has 0 spiro atoms. The summed E-state index contributed by atoms with van der Waals surface area (Å²) in [5, 5.41) is 3.11. The number of anilines is 1. The summed E-state index contributed by atoms with van der Waals surface area (Å²) in [5.41, 5.74) is 0.482. The van der Waals surface area contributed by atoms with Gasteiger partial charge in [-0.3, -0.25) is 4.79 Å². The maximum absolute atomic E-state index is 12.2. The van der Waals surface area contributed by atoms with Gasteiger partial charge in [0, 0.05) is 25.3 Å². The van der Waals surface area contributed by atoms with E-state index < -0.39 is 0 Å². The van der Waals surface area contributed by atoms with Crippen LogP contribution in [0.2, 0.25) is 0 Å². The lowest BCUT2D eigenvalue weighted by Crippen LogP contribution is -2.36. The number of hydrogen-bond donors (Lipinski definition) is 1. The molecule has 1 N–H and O–H groups in total. The van der Waals surface area contributed by atoms with E-state index in [0.29, 0.717) is 11.6 Å². The molecule has 0 radical (unpaired) electrons. The lowest BCUT2D eigenvalue weighted by molar-refractivity contribution is 0.0718. The Morgan fingerprint density at radius 2 is 2.06 bits per heavy atom. The van der Waals surface area contributed by atoms with Gasteiger partial charge in [-0.1, -0.05) is 0 Å². The SMILES string of the molecule is CC(C)Nc1nccc(C(=O)N2CCCCC2)n1. The molecule has 1 saturated heterocycles. The van der Waals surface area contributed by atoms with Crippen molar-refractivity contribution < 1.29 is 4.79 Å². The molecule has 0 bridgehead atoms. The maximum atomic E-state index is 12.2. The topological polar surface area (TPSA) is 58.1 Å². The van der Waals surface area contributed by atoms with Crippen molar-refractivity contribution >= 4 is 11.9 Å². The number of rotatable bonds is 3. The van der Waals surface area contributed by atoms with Crippen LogP contribution in [0.1, 0.15) is 43.6 Å². The number of hydrogen-bond acceptors (Lipinski definition) is 4. The number of nitrogens with zero attached hydrogens (tertiary/aromatic N) is 3. The lowest BCUT2D eigenvalue weighted by Gasteiger charge is -2.26. The van der Waals surface area contributed by atoms with Crippen LogP contribution in [0.15, 0.2) is 12.3 Å². The van der Waals surface area contributed by atoms with E-state index in [1.165, 1.54) is 6.42 Å². The number of aromatic nitrogens is 2.